The zero-order valence-corrected chi connectivity index (χ0v) is 10.7. The molecule has 0 aliphatic rings. The van der Waals surface area contributed by atoms with Gasteiger partial charge < -0.3 is 5.11 Å². The molecule has 1 atom stereocenters. The molecule has 0 aliphatic carbocycles. The summed E-state index contributed by atoms with van der Waals surface area (Å²) in [6.45, 7) is 5.90. The van der Waals surface area contributed by atoms with Gasteiger partial charge in [0, 0.05) is 11.4 Å². The highest BCUT2D eigenvalue weighted by atomic mass is 35.5. The third-order valence-electron chi connectivity index (χ3n) is 2.43. The first-order valence-electron chi connectivity index (χ1n) is 5.46. The van der Waals surface area contributed by atoms with E-state index in [-0.39, 0.29) is 5.82 Å². The minimum absolute atomic E-state index is 0.350. The van der Waals surface area contributed by atoms with E-state index in [1.807, 2.05) is 0 Å². The lowest BCUT2D eigenvalue weighted by molar-refractivity contribution is 0.0388. The predicted molar refractivity (Wildman–Crippen MR) is 65.2 cm³/mol. The number of aliphatic hydroxyl groups is 1. The van der Waals surface area contributed by atoms with Crippen LogP contribution in [0.5, 0.6) is 0 Å². The van der Waals surface area contributed by atoms with Crippen LogP contribution in [-0.2, 0) is 6.42 Å². The van der Waals surface area contributed by atoms with Crippen LogP contribution in [0.4, 0.5) is 4.39 Å². The van der Waals surface area contributed by atoms with Crippen LogP contribution in [0, 0.1) is 11.7 Å². The average molecular weight is 245 g/mol. The van der Waals surface area contributed by atoms with E-state index in [9.17, 15) is 9.50 Å². The summed E-state index contributed by atoms with van der Waals surface area (Å²) in [7, 11) is 0. The summed E-state index contributed by atoms with van der Waals surface area (Å²) in [5.74, 6) is 0.0616. The van der Waals surface area contributed by atoms with Crippen molar-refractivity contribution in [3.05, 3.63) is 34.6 Å². The lowest BCUT2D eigenvalue weighted by Gasteiger charge is -2.25. The van der Waals surface area contributed by atoms with E-state index in [1.54, 1.807) is 13.0 Å². The van der Waals surface area contributed by atoms with Gasteiger partial charge in [-0.2, -0.15) is 0 Å². The van der Waals surface area contributed by atoms with Gasteiger partial charge in [0.1, 0.15) is 5.82 Å². The highest BCUT2D eigenvalue weighted by molar-refractivity contribution is 6.31. The normalized spacial score (nSPS) is 15.2. The van der Waals surface area contributed by atoms with Crippen molar-refractivity contribution < 1.29 is 9.50 Å². The fraction of sp³-hybridized carbons (Fsp3) is 0.538. The Kier molecular flexibility index (Phi) is 4.34. The minimum Gasteiger partial charge on any atom is -0.390 e. The Labute approximate surface area is 101 Å². The largest absolute Gasteiger partial charge is 0.390 e. The van der Waals surface area contributed by atoms with Gasteiger partial charge in [0.25, 0.3) is 0 Å². The van der Waals surface area contributed by atoms with Crippen molar-refractivity contribution in [3.63, 3.8) is 0 Å². The summed E-state index contributed by atoms with van der Waals surface area (Å²) >= 11 is 5.92. The standard InChI is InChI=1S/C13H18ClFO/c1-9(2)7-13(3,16)8-10-4-5-11(15)6-12(10)14/h4-6,9,16H,7-8H2,1-3H3. The van der Waals surface area contributed by atoms with Crippen molar-refractivity contribution in [3.8, 4) is 0 Å². The smallest absolute Gasteiger partial charge is 0.124 e. The van der Waals surface area contributed by atoms with Crippen LogP contribution in [0.1, 0.15) is 32.8 Å². The van der Waals surface area contributed by atoms with Gasteiger partial charge in [0.2, 0.25) is 0 Å². The number of benzene rings is 1. The SMILES string of the molecule is CC(C)CC(C)(O)Cc1ccc(F)cc1Cl. The second-order valence-electron chi connectivity index (χ2n) is 5.01. The first-order valence-corrected chi connectivity index (χ1v) is 5.84. The summed E-state index contributed by atoms with van der Waals surface area (Å²) in [6, 6.07) is 4.28. The molecule has 0 heterocycles. The Balaban J connectivity index is 2.79. The quantitative estimate of drug-likeness (QED) is 0.854. The maximum Gasteiger partial charge on any atom is 0.124 e. The van der Waals surface area contributed by atoms with Crippen molar-refractivity contribution in [1.29, 1.82) is 0 Å². The fourth-order valence-electron chi connectivity index (χ4n) is 2.03. The van der Waals surface area contributed by atoms with Gasteiger partial charge >= 0.3 is 0 Å². The van der Waals surface area contributed by atoms with E-state index in [4.69, 9.17) is 11.6 Å². The zero-order chi connectivity index (χ0) is 12.3. The number of halogens is 2. The first kappa shape index (κ1) is 13.5. The highest BCUT2D eigenvalue weighted by Gasteiger charge is 2.23. The molecular formula is C13H18ClFO. The van der Waals surface area contributed by atoms with Crippen molar-refractivity contribution in [1.82, 2.24) is 0 Å². The van der Waals surface area contributed by atoms with Crippen LogP contribution in [0.2, 0.25) is 5.02 Å². The lowest BCUT2D eigenvalue weighted by atomic mass is 9.88. The van der Waals surface area contributed by atoms with Crippen molar-refractivity contribution in [2.45, 2.75) is 39.2 Å². The Morgan fingerprint density at radius 1 is 1.44 bits per heavy atom. The Hall–Kier alpha value is -0.600. The maximum atomic E-state index is 12.8. The van der Waals surface area contributed by atoms with Gasteiger partial charge in [-0.1, -0.05) is 31.5 Å². The highest BCUT2D eigenvalue weighted by Crippen LogP contribution is 2.26. The van der Waals surface area contributed by atoms with Crippen LogP contribution >= 0.6 is 11.6 Å². The summed E-state index contributed by atoms with van der Waals surface area (Å²) in [6.07, 6.45) is 1.14. The molecule has 90 valence electrons. The first-order chi connectivity index (χ1) is 7.30. The van der Waals surface area contributed by atoms with E-state index in [1.165, 1.54) is 12.1 Å². The Morgan fingerprint density at radius 3 is 2.56 bits per heavy atom. The minimum atomic E-state index is -0.796. The summed E-state index contributed by atoms with van der Waals surface area (Å²) < 4.78 is 12.8. The molecule has 1 aromatic rings. The third kappa shape index (κ3) is 4.11. The van der Waals surface area contributed by atoms with Gasteiger partial charge in [-0.05, 0) is 37.0 Å². The molecule has 0 aromatic heterocycles. The second-order valence-corrected chi connectivity index (χ2v) is 5.41. The molecule has 1 N–H and O–H groups in total. The van der Waals surface area contributed by atoms with Crippen LogP contribution in [0.15, 0.2) is 18.2 Å². The summed E-state index contributed by atoms with van der Waals surface area (Å²) in [5.41, 5.74) is -0.0101. The van der Waals surface area contributed by atoms with Crippen LogP contribution in [0.25, 0.3) is 0 Å². The van der Waals surface area contributed by atoms with Gasteiger partial charge in [-0.25, -0.2) is 4.39 Å². The van der Waals surface area contributed by atoms with Crippen molar-refractivity contribution in [2.75, 3.05) is 0 Å². The van der Waals surface area contributed by atoms with Crippen molar-refractivity contribution in [2.24, 2.45) is 5.92 Å². The molecule has 0 aliphatic heterocycles. The fourth-order valence-corrected chi connectivity index (χ4v) is 2.26. The van der Waals surface area contributed by atoms with Crippen molar-refractivity contribution >= 4 is 11.6 Å². The molecular weight excluding hydrogens is 227 g/mol. The van der Waals surface area contributed by atoms with E-state index in [0.717, 1.165) is 5.56 Å². The molecule has 0 bridgehead atoms. The number of hydrogen-bond donors (Lipinski definition) is 1. The van der Waals surface area contributed by atoms with Gasteiger partial charge in [0.15, 0.2) is 0 Å². The van der Waals surface area contributed by atoms with Gasteiger partial charge in [0.05, 0.1) is 5.60 Å². The lowest BCUT2D eigenvalue weighted by Crippen LogP contribution is -2.29. The molecule has 0 fully saturated rings. The predicted octanol–water partition coefficient (Wildman–Crippen LogP) is 3.82. The van der Waals surface area contributed by atoms with E-state index >= 15 is 0 Å². The Bertz CT molecular complexity index is 361. The van der Waals surface area contributed by atoms with E-state index in [2.05, 4.69) is 13.8 Å². The molecule has 0 spiro atoms. The molecule has 0 radical (unpaired) electrons. The monoisotopic (exact) mass is 244 g/mol. The molecule has 1 nitrogen and oxygen atoms in total. The average Bonchev–Trinajstić information content (AvgIpc) is 2.07. The number of hydrogen-bond acceptors (Lipinski definition) is 1. The maximum absolute atomic E-state index is 12.8. The summed E-state index contributed by atoms with van der Waals surface area (Å²) in [4.78, 5) is 0. The molecule has 0 saturated heterocycles. The molecule has 1 rings (SSSR count). The van der Waals surface area contributed by atoms with Gasteiger partial charge in [-0.15, -0.1) is 0 Å². The van der Waals surface area contributed by atoms with Crippen LogP contribution < -0.4 is 0 Å². The molecule has 0 saturated carbocycles. The molecule has 0 amide bonds. The Morgan fingerprint density at radius 2 is 2.06 bits per heavy atom. The van der Waals surface area contributed by atoms with Gasteiger partial charge in [-0.3, -0.25) is 0 Å². The third-order valence-corrected chi connectivity index (χ3v) is 2.79. The second kappa shape index (κ2) is 5.15. The van der Waals surface area contributed by atoms with E-state index in [0.29, 0.717) is 23.8 Å². The summed E-state index contributed by atoms with van der Waals surface area (Å²) in [5, 5.41) is 10.6. The molecule has 1 aromatic carbocycles. The zero-order valence-electron chi connectivity index (χ0n) is 9.93. The molecule has 3 heteroatoms. The topological polar surface area (TPSA) is 20.2 Å². The number of rotatable bonds is 4. The molecule has 1 unspecified atom stereocenters. The van der Waals surface area contributed by atoms with Crippen LogP contribution in [0.3, 0.4) is 0 Å². The van der Waals surface area contributed by atoms with Crippen LogP contribution in [-0.4, -0.2) is 10.7 Å². The molecule has 16 heavy (non-hydrogen) atoms. The van der Waals surface area contributed by atoms with E-state index < -0.39 is 5.60 Å².